The molecule has 1 aromatic heterocycles. The molecule has 0 aliphatic carbocycles. The van der Waals surface area contributed by atoms with E-state index in [4.69, 9.17) is 14.4 Å². The average molecular weight is 269 g/mol. The minimum Gasteiger partial charge on any atom is -0.462 e. The Morgan fingerprint density at radius 1 is 1.45 bits per heavy atom. The third-order valence-corrected chi connectivity index (χ3v) is 2.80. The van der Waals surface area contributed by atoms with E-state index in [1.807, 2.05) is 37.3 Å². The van der Waals surface area contributed by atoms with Crippen LogP contribution in [0.5, 0.6) is 0 Å². The maximum Gasteiger partial charge on any atom is 0.349 e. The van der Waals surface area contributed by atoms with Gasteiger partial charge in [0.1, 0.15) is 23.0 Å². The van der Waals surface area contributed by atoms with Crippen molar-refractivity contribution in [2.24, 2.45) is 0 Å². The Balaban J connectivity index is 2.18. The Morgan fingerprint density at radius 3 is 2.95 bits per heavy atom. The van der Waals surface area contributed by atoms with Gasteiger partial charge in [-0.2, -0.15) is 5.26 Å². The Hall–Kier alpha value is -2.54. The smallest absolute Gasteiger partial charge is 0.349 e. The fourth-order valence-corrected chi connectivity index (χ4v) is 1.74. The molecule has 2 aromatic rings. The molecule has 0 N–H and O–H groups in total. The van der Waals surface area contributed by atoms with Gasteiger partial charge in [0.15, 0.2) is 0 Å². The minimum atomic E-state index is -0.610. The van der Waals surface area contributed by atoms with Gasteiger partial charge >= 0.3 is 5.97 Å². The van der Waals surface area contributed by atoms with Crippen LogP contribution in [-0.4, -0.2) is 12.6 Å². The number of nitriles is 1. The van der Waals surface area contributed by atoms with Gasteiger partial charge in [-0.1, -0.05) is 31.5 Å². The number of hydrogen-bond donors (Lipinski definition) is 0. The van der Waals surface area contributed by atoms with Gasteiger partial charge in [-0.15, -0.1) is 0 Å². The van der Waals surface area contributed by atoms with Crippen LogP contribution < -0.4 is 0 Å². The Morgan fingerprint density at radius 2 is 2.25 bits per heavy atom. The molecule has 4 heteroatoms. The maximum absolute atomic E-state index is 11.7. The molecule has 0 radical (unpaired) electrons. The summed E-state index contributed by atoms with van der Waals surface area (Å²) in [6.45, 7) is 2.33. The van der Waals surface area contributed by atoms with Crippen molar-refractivity contribution in [3.05, 3.63) is 41.7 Å². The second-order valence-electron chi connectivity index (χ2n) is 4.35. The number of carbonyl (C=O) groups excluding carboxylic acids is 1. The quantitative estimate of drug-likeness (QED) is 0.359. The summed E-state index contributed by atoms with van der Waals surface area (Å²) in [7, 11) is 0. The van der Waals surface area contributed by atoms with Crippen LogP contribution >= 0.6 is 0 Å². The number of carbonyl (C=O) groups is 1. The van der Waals surface area contributed by atoms with Crippen LogP contribution in [0.2, 0.25) is 0 Å². The van der Waals surface area contributed by atoms with Gasteiger partial charge in [0, 0.05) is 11.5 Å². The summed E-state index contributed by atoms with van der Waals surface area (Å²) in [6.07, 6.45) is 3.13. The lowest BCUT2D eigenvalue weighted by Gasteiger charge is -2.01. The van der Waals surface area contributed by atoms with Crippen LogP contribution in [0.25, 0.3) is 17.0 Å². The highest BCUT2D eigenvalue weighted by atomic mass is 16.5. The Kier molecular flexibility index (Phi) is 4.56. The number of fused-ring (bicyclic) bond motifs is 1. The lowest BCUT2D eigenvalue weighted by molar-refractivity contribution is -0.138. The molecular formula is C16H15NO3. The van der Waals surface area contributed by atoms with Crippen molar-refractivity contribution in [1.29, 1.82) is 5.26 Å². The first-order valence-corrected chi connectivity index (χ1v) is 6.52. The SMILES string of the molecule is CCCCOC(=O)/C(C#N)=C/c1cc2ccccc2o1. The van der Waals surface area contributed by atoms with E-state index in [9.17, 15) is 4.79 Å². The lowest BCUT2D eigenvalue weighted by atomic mass is 10.2. The lowest BCUT2D eigenvalue weighted by Crippen LogP contribution is -2.07. The van der Waals surface area contributed by atoms with Gasteiger partial charge in [-0.3, -0.25) is 0 Å². The van der Waals surface area contributed by atoms with Crippen molar-refractivity contribution >= 4 is 23.0 Å². The van der Waals surface area contributed by atoms with Crippen molar-refractivity contribution in [3.63, 3.8) is 0 Å². The van der Waals surface area contributed by atoms with E-state index in [-0.39, 0.29) is 5.57 Å². The fourth-order valence-electron chi connectivity index (χ4n) is 1.74. The van der Waals surface area contributed by atoms with E-state index in [0.717, 1.165) is 23.8 Å². The number of furan rings is 1. The monoisotopic (exact) mass is 269 g/mol. The highest BCUT2D eigenvalue weighted by molar-refractivity contribution is 5.98. The van der Waals surface area contributed by atoms with E-state index in [0.29, 0.717) is 12.4 Å². The molecule has 0 aliphatic rings. The number of ether oxygens (including phenoxy) is 1. The molecule has 2 rings (SSSR count). The third-order valence-electron chi connectivity index (χ3n) is 2.80. The van der Waals surface area contributed by atoms with Gasteiger partial charge in [-0.05, 0) is 18.6 Å². The zero-order valence-corrected chi connectivity index (χ0v) is 11.3. The maximum atomic E-state index is 11.7. The summed E-state index contributed by atoms with van der Waals surface area (Å²) >= 11 is 0. The molecule has 0 amide bonds. The predicted octanol–water partition coefficient (Wildman–Crippen LogP) is 3.68. The van der Waals surface area contributed by atoms with Crippen molar-refractivity contribution in [1.82, 2.24) is 0 Å². The van der Waals surface area contributed by atoms with Crippen molar-refractivity contribution < 1.29 is 13.9 Å². The molecule has 0 unspecified atom stereocenters. The molecule has 1 aromatic carbocycles. The zero-order valence-electron chi connectivity index (χ0n) is 11.3. The number of esters is 1. The van der Waals surface area contributed by atoms with E-state index in [1.54, 1.807) is 6.07 Å². The first kappa shape index (κ1) is 13.9. The summed E-state index contributed by atoms with van der Waals surface area (Å²) in [4.78, 5) is 11.7. The van der Waals surface area contributed by atoms with E-state index in [2.05, 4.69) is 0 Å². The molecule has 1 heterocycles. The number of benzene rings is 1. The Labute approximate surface area is 117 Å². The van der Waals surface area contributed by atoms with Gasteiger partial charge in [-0.25, -0.2) is 4.79 Å². The standard InChI is InChI=1S/C16H15NO3/c1-2-3-8-19-16(18)13(11-17)10-14-9-12-6-4-5-7-15(12)20-14/h4-7,9-10H,2-3,8H2,1H3/b13-10+. The summed E-state index contributed by atoms with van der Waals surface area (Å²) < 4.78 is 10.6. The van der Waals surface area contributed by atoms with Crippen LogP contribution in [0.3, 0.4) is 0 Å². The highest BCUT2D eigenvalue weighted by Crippen LogP contribution is 2.20. The molecular weight excluding hydrogens is 254 g/mol. The fraction of sp³-hybridized carbons (Fsp3) is 0.250. The second kappa shape index (κ2) is 6.58. The molecule has 0 spiro atoms. The minimum absolute atomic E-state index is 0.0554. The molecule has 0 saturated carbocycles. The molecule has 0 bridgehead atoms. The third kappa shape index (κ3) is 3.27. The van der Waals surface area contributed by atoms with Crippen LogP contribution in [-0.2, 0) is 9.53 Å². The van der Waals surface area contributed by atoms with Crippen LogP contribution in [0.15, 0.2) is 40.3 Å². The van der Waals surface area contributed by atoms with Gasteiger partial charge in [0.2, 0.25) is 0 Å². The summed E-state index contributed by atoms with van der Waals surface area (Å²) in [5.74, 6) is -0.142. The van der Waals surface area contributed by atoms with Crippen molar-refractivity contribution in [2.45, 2.75) is 19.8 Å². The van der Waals surface area contributed by atoms with Crippen molar-refractivity contribution in [3.8, 4) is 6.07 Å². The first-order valence-electron chi connectivity index (χ1n) is 6.52. The number of para-hydroxylation sites is 1. The molecule has 0 fully saturated rings. The second-order valence-corrected chi connectivity index (χ2v) is 4.35. The molecule has 0 aliphatic heterocycles. The largest absolute Gasteiger partial charge is 0.462 e. The number of nitrogens with zero attached hydrogens (tertiary/aromatic N) is 1. The molecule has 0 saturated heterocycles. The highest BCUT2D eigenvalue weighted by Gasteiger charge is 2.12. The number of unbranched alkanes of at least 4 members (excludes halogenated alkanes) is 1. The van der Waals surface area contributed by atoms with Gasteiger partial charge in [0.25, 0.3) is 0 Å². The van der Waals surface area contributed by atoms with Gasteiger partial charge < -0.3 is 9.15 Å². The topological polar surface area (TPSA) is 63.2 Å². The van der Waals surface area contributed by atoms with Crippen LogP contribution in [0.1, 0.15) is 25.5 Å². The molecule has 20 heavy (non-hydrogen) atoms. The van der Waals surface area contributed by atoms with E-state index in [1.165, 1.54) is 6.08 Å². The summed E-state index contributed by atoms with van der Waals surface area (Å²) in [6, 6.07) is 11.1. The van der Waals surface area contributed by atoms with Crippen LogP contribution in [0, 0.1) is 11.3 Å². The normalized spacial score (nSPS) is 11.3. The summed E-state index contributed by atoms with van der Waals surface area (Å²) in [5, 5.41) is 9.95. The molecule has 102 valence electrons. The molecule has 0 atom stereocenters. The van der Waals surface area contributed by atoms with E-state index < -0.39 is 5.97 Å². The van der Waals surface area contributed by atoms with E-state index >= 15 is 0 Å². The van der Waals surface area contributed by atoms with Crippen molar-refractivity contribution in [2.75, 3.05) is 6.61 Å². The molecule has 4 nitrogen and oxygen atoms in total. The Bertz CT molecular complexity index is 643. The average Bonchev–Trinajstić information content (AvgIpc) is 2.87. The summed E-state index contributed by atoms with van der Waals surface area (Å²) in [5.41, 5.74) is 0.663. The number of rotatable bonds is 5. The predicted molar refractivity (Wildman–Crippen MR) is 75.7 cm³/mol. The van der Waals surface area contributed by atoms with Crippen LogP contribution in [0.4, 0.5) is 0 Å². The first-order chi connectivity index (χ1) is 9.74. The zero-order chi connectivity index (χ0) is 14.4. The van der Waals surface area contributed by atoms with Gasteiger partial charge in [0.05, 0.1) is 6.61 Å². The number of hydrogen-bond acceptors (Lipinski definition) is 4.